The second-order valence-corrected chi connectivity index (χ2v) is 5.15. The molecule has 0 unspecified atom stereocenters. The van der Waals surface area contributed by atoms with Crippen molar-refractivity contribution in [2.45, 2.75) is 6.61 Å². The molecule has 0 heterocycles. The Morgan fingerprint density at radius 3 is 2.58 bits per heavy atom. The Bertz CT molecular complexity index is 659. The van der Waals surface area contributed by atoms with E-state index in [-0.39, 0.29) is 19.2 Å². The minimum Gasteiger partial charge on any atom is -0.489 e. The van der Waals surface area contributed by atoms with Crippen LogP contribution >= 0.6 is 0 Å². The normalized spacial score (nSPS) is 10.0. The summed E-state index contributed by atoms with van der Waals surface area (Å²) in [5.41, 5.74) is 1.56. The van der Waals surface area contributed by atoms with Gasteiger partial charge in [0.2, 0.25) is 0 Å². The van der Waals surface area contributed by atoms with Gasteiger partial charge in [0.15, 0.2) is 0 Å². The van der Waals surface area contributed by atoms with Crippen LogP contribution in [0.3, 0.4) is 0 Å². The fourth-order valence-corrected chi connectivity index (χ4v) is 2.19. The number of aliphatic hydroxyl groups is 1. The summed E-state index contributed by atoms with van der Waals surface area (Å²) in [6.07, 6.45) is 1.62. The second kappa shape index (κ2) is 9.37. The van der Waals surface area contributed by atoms with Crippen LogP contribution in [-0.2, 0) is 6.61 Å². The van der Waals surface area contributed by atoms with E-state index in [1.54, 1.807) is 6.08 Å². The summed E-state index contributed by atoms with van der Waals surface area (Å²) in [5.74, 6) is 0.771. The third kappa shape index (κ3) is 5.14. The Morgan fingerprint density at radius 1 is 1.17 bits per heavy atom. The van der Waals surface area contributed by atoms with Gasteiger partial charge in [-0.1, -0.05) is 42.5 Å². The van der Waals surface area contributed by atoms with Gasteiger partial charge in [0, 0.05) is 24.3 Å². The van der Waals surface area contributed by atoms with Gasteiger partial charge >= 0.3 is 6.03 Å². The zero-order chi connectivity index (χ0) is 17.2. The maximum Gasteiger partial charge on any atom is 0.322 e. The number of amides is 2. The molecule has 0 spiro atoms. The lowest BCUT2D eigenvalue weighted by atomic mass is 10.2. The molecular formula is C19H22N2O3. The smallest absolute Gasteiger partial charge is 0.322 e. The van der Waals surface area contributed by atoms with Crippen molar-refractivity contribution < 1.29 is 14.6 Å². The zero-order valence-electron chi connectivity index (χ0n) is 13.5. The molecule has 5 heteroatoms. The largest absolute Gasteiger partial charge is 0.489 e. The molecule has 2 rings (SSSR count). The number of para-hydroxylation sites is 2. The fourth-order valence-electron chi connectivity index (χ4n) is 2.19. The standard InChI is InChI=1S/C19H22N2O3/c1-2-12-21(13-14-22)19(23)20-18-11-7-6-8-16(18)15-24-17-9-4-3-5-10-17/h2-11,22H,1,12-15H2,(H,20,23). The second-order valence-electron chi connectivity index (χ2n) is 5.15. The molecule has 0 atom stereocenters. The summed E-state index contributed by atoms with van der Waals surface area (Å²) in [4.78, 5) is 13.8. The molecule has 0 aliphatic rings. The summed E-state index contributed by atoms with van der Waals surface area (Å²) in [6.45, 7) is 4.50. The first-order valence-electron chi connectivity index (χ1n) is 7.78. The van der Waals surface area contributed by atoms with Crippen LogP contribution in [0.2, 0.25) is 0 Å². The van der Waals surface area contributed by atoms with Gasteiger partial charge in [0.1, 0.15) is 12.4 Å². The molecule has 0 aromatic heterocycles. The predicted molar refractivity (Wildman–Crippen MR) is 95.1 cm³/mol. The van der Waals surface area contributed by atoms with Gasteiger partial charge in [-0.15, -0.1) is 6.58 Å². The molecule has 0 bridgehead atoms. The third-order valence-electron chi connectivity index (χ3n) is 3.40. The van der Waals surface area contributed by atoms with E-state index in [1.807, 2.05) is 54.6 Å². The summed E-state index contributed by atoms with van der Waals surface area (Å²) < 4.78 is 5.75. The molecule has 0 fully saturated rings. The predicted octanol–water partition coefficient (Wildman–Crippen LogP) is 3.28. The van der Waals surface area contributed by atoms with Crippen molar-refractivity contribution in [2.75, 3.05) is 25.0 Å². The number of nitrogens with one attached hydrogen (secondary N) is 1. The summed E-state index contributed by atoms with van der Waals surface area (Å²) in [6, 6.07) is 16.7. The topological polar surface area (TPSA) is 61.8 Å². The molecule has 5 nitrogen and oxygen atoms in total. The van der Waals surface area contributed by atoms with E-state index in [2.05, 4.69) is 11.9 Å². The average Bonchev–Trinajstić information content (AvgIpc) is 2.61. The van der Waals surface area contributed by atoms with Crippen molar-refractivity contribution in [3.63, 3.8) is 0 Å². The lowest BCUT2D eigenvalue weighted by Gasteiger charge is -2.21. The Kier molecular flexibility index (Phi) is 6.86. The minimum absolute atomic E-state index is 0.0972. The van der Waals surface area contributed by atoms with Crippen LogP contribution in [0.5, 0.6) is 5.75 Å². The molecular weight excluding hydrogens is 304 g/mol. The Hall–Kier alpha value is -2.79. The van der Waals surface area contributed by atoms with E-state index in [4.69, 9.17) is 9.84 Å². The number of nitrogens with zero attached hydrogens (tertiary/aromatic N) is 1. The molecule has 0 saturated carbocycles. The van der Waals surface area contributed by atoms with Gasteiger partial charge < -0.3 is 20.1 Å². The first kappa shape index (κ1) is 17.6. The van der Waals surface area contributed by atoms with Crippen molar-refractivity contribution in [1.82, 2.24) is 4.90 Å². The van der Waals surface area contributed by atoms with Gasteiger partial charge in [-0.3, -0.25) is 0 Å². The molecule has 2 N–H and O–H groups in total. The van der Waals surface area contributed by atoms with Gasteiger partial charge in [-0.2, -0.15) is 0 Å². The van der Waals surface area contributed by atoms with Crippen LogP contribution in [0, 0.1) is 0 Å². The number of urea groups is 1. The highest BCUT2D eigenvalue weighted by molar-refractivity contribution is 5.90. The van der Waals surface area contributed by atoms with Gasteiger partial charge in [-0.25, -0.2) is 4.79 Å². The van der Waals surface area contributed by atoms with E-state index in [9.17, 15) is 4.79 Å². The number of aliphatic hydroxyl groups excluding tert-OH is 1. The van der Waals surface area contributed by atoms with Crippen molar-refractivity contribution in [2.24, 2.45) is 0 Å². The van der Waals surface area contributed by atoms with E-state index in [1.165, 1.54) is 4.90 Å². The molecule has 2 aromatic carbocycles. The minimum atomic E-state index is -0.281. The van der Waals surface area contributed by atoms with Gasteiger partial charge in [-0.05, 0) is 18.2 Å². The maximum absolute atomic E-state index is 12.3. The summed E-state index contributed by atoms with van der Waals surface area (Å²) in [5, 5.41) is 11.9. The molecule has 0 saturated heterocycles. The molecule has 0 radical (unpaired) electrons. The highest BCUT2D eigenvalue weighted by atomic mass is 16.5. The van der Waals surface area contributed by atoms with Crippen molar-refractivity contribution >= 4 is 11.7 Å². The highest BCUT2D eigenvalue weighted by Gasteiger charge is 2.13. The fraction of sp³-hybridized carbons (Fsp3) is 0.211. The van der Waals surface area contributed by atoms with E-state index in [0.29, 0.717) is 18.8 Å². The monoisotopic (exact) mass is 326 g/mol. The third-order valence-corrected chi connectivity index (χ3v) is 3.40. The SMILES string of the molecule is C=CCN(CCO)C(=O)Nc1ccccc1COc1ccccc1. The zero-order valence-corrected chi connectivity index (χ0v) is 13.5. The lowest BCUT2D eigenvalue weighted by molar-refractivity contribution is 0.195. The summed E-state index contributed by atoms with van der Waals surface area (Å²) >= 11 is 0. The molecule has 24 heavy (non-hydrogen) atoms. The number of benzene rings is 2. The van der Waals surface area contributed by atoms with Crippen LogP contribution in [0.15, 0.2) is 67.3 Å². The summed E-state index contributed by atoms with van der Waals surface area (Å²) in [7, 11) is 0. The first-order chi connectivity index (χ1) is 11.7. The van der Waals surface area contributed by atoms with E-state index >= 15 is 0 Å². The van der Waals surface area contributed by atoms with E-state index in [0.717, 1.165) is 11.3 Å². The van der Waals surface area contributed by atoms with Crippen molar-refractivity contribution in [3.05, 3.63) is 72.8 Å². The Balaban J connectivity index is 2.04. The number of carbonyl (C=O) groups excluding carboxylic acids is 1. The van der Waals surface area contributed by atoms with Crippen LogP contribution < -0.4 is 10.1 Å². The Labute approximate surface area is 142 Å². The number of carbonyl (C=O) groups is 1. The molecule has 2 amide bonds. The van der Waals surface area contributed by atoms with Crippen LogP contribution in [-0.4, -0.2) is 35.7 Å². The van der Waals surface area contributed by atoms with Gasteiger partial charge in [0.25, 0.3) is 0 Å². The molecule has 0 aliphatic carbocycles. The van der Waals surface area contributed by atoms with Crippen LogP contribution in [0.4, 0.5) is 10.5 Å². The number of rotatable bonds is 8. The first-order valence-corrected chi connectivity index (χ1v) is 7.78. The van der Waals surface area contributed by atoms with Crippen LogP contribution in [0.1, 0.15) is 5.56 Å². The van der Waals surface area contributed by atoms with Crippen molar-refractivity contribution in [3.8, 4) is 5.75 Å². The highest BCUT2D eigenvalue weighted by Crippen LogP contribution is 2.19. The van der Waals surface area contributed by atoms with Gasteiger partial charge in [0.05, 0.1) is 6.61 Å². The maximum atomic E-state index is 12.3. The molecule has 0 aliphatic heterocycles. The average molecular weight is 326 g/mol. The number of hydrogen-bond donors (Lipinski definition) is 2. The molecule has 2 aromatic rings. The molecule has 126 valence electrons. The van der Waals surface area contributed by atoms with Crippen molar-refractivity contribution in [1.29, 1.82) is 0 Å². The van der Waals surface area contributed by atoms with E-state index < -0.39 is 0 Å². The quantitative estimate of drug-likeness (QED) is 0.732. The number of ether oxygens (including phenoxy) is 1. The Morgan fingerprint density at radius 2 is 1.88 bits per heavy atom. The number of anilines is 1. The van der Waals surface area contributed by atoms with Crippen LogP contribution in [0.25, 0.3) is 0 Å². The number of hydrogen-bond acceptors (Lipinski definition) is 3. The lowest BCUT2D eigenvalue weighted by Crippen LogP contribution is -2.37.